The molecule has 0 aromatic heterocycles. The molecule has 5 heteroatoms. The van der Waals surface area contributed by atoms with E-state index < -0.39 is 10.0 Å². The molecular formula is C7H10BNO2S. The fourth-order valence-corrected chi connectivity index (χ4v) is 1.43. The average molecular weight is 183 g/mol. The summed E-state index contributed by atoms with van der Waals surface area (Å²) in [7, 11) is -1.52. The minimum atomic E-state index is -3.53. The molecule has 0 bridgehead atoms. The molecule has 0 radical (unpaired) electrons. The molecule has 2 N–H and O–H groups in total. The van der Waals surface area contributed by atoms with Crippen molar-refractivity contribution in [3.63, 3.8) is 0 Å². The van der Waals surface area contributed by atoms with Crippen LogP contribution in [0.4, 0.5) is 0 Å². The molecule has 0 aliphatic heterocycles. The number of benzene rings is 1. The maximum atomic E-state index is 10.8. The van der Waals surface area contributed by atoms with Crippen LogP contribution in [0.25, 0.3) is 0 Å². The summed E-state index contributed by atoms with van der Waals surface area (Å²) in [5, 5.41) is 4.92. The van der Waals surface area contributed by atoms with E-state index in [1.165, 1.54) is 12.1 Å². The number of sulfonamides is 1. The van der Waals surface area contributed by atoms with Gasteiger partial charge in [0.15, 0.2) is 0 Å². The van der Waals surface area contributed by atoms with E-state index in [0.717, 1.165) is 11.9 Å². The standard InChI is InChI=1S/C7H10BNO2S/c8-5-6-1-3-7(4-2-6)12(9,10)11/h1-4H,5,8H2,(H2,9,10,11). The molecule has 0 saturated heterocycles. The molecule has 3 nitrogen and oxygen atoms in total. The van der Waals surface area contributed by atoms with Crippen molar-refractivity contribution in [2.24, 2.45) is 5.14 Å². The summed E-state index contributed by atoms with van der Waals surface area (Å²) in [5.41, 5.74) is 1.10. The van der Waals surface area contributed by atoms with Crippen molar-refractivity contribution in [2.45, 2.75) is 11.2 Å². The Kier molecular flexibility index (Phi) is 2.54. The van der Waals surface area contributed by atoms with E-state index in [1.807, 2.05) is 7.85 Å². The van der Waals surface area contributed by atoms with Gasteiger partial charge < -0.3 is 0 Å². The summed E-state index contributed by atoms with van der Waals surface area (Å²) in [6, 6.07) is 6.57. The van der Waals surface area contributed by atoms with Crippen LogP contribution in [0, 0.1) is 0 Å². The molecule has 0 heterocycles. The fourth-order valence-electron chi connectivity index (χ4n) is 0.915. The van der Waals surface area contributed by atoms with Crippen LogP contribution in [0.15, 0.2) is 29.2 Å². The lowest BCUT2D eigenvalue weighted by molar-refractivity contribution is 0.598. The lowest BCUT2D eigenvalue weighted by Crippen LogP contribution is -2.11. The molecule has 12 heavy (non-hydrogen) atoms. The van der Waals surface area contributed by atoms with Gasteiger partial charge in [0.05, 0.1) is 4.90 Å². The first-order valence-electron chi connectivity index (χ1n) is 3.66. The van der Waals surface area contributed by atoms with Crippen molar-refractivity contribution < 1.29 is 8.42 Å². The second-order valence-electron chi connectivity index (χ2n) is 2.54. The largest absolute Gasteiger partial charge is 0.238 e. The molecule has 0 unspecified atom stereocenters. The zero-order chi connectivity index (χ0) is 9.19. The summed E-state index contributed by atoms with van der Waals surface area (Å²) >= 11 is 0. The highest BCUT2D eigenvalue weighted by molar-refractivity contribution is 7.89. The fraction of sp³-hybridized carbons (Fsp3) is 0.143. The Morgan fingerprint density at radius 1 is 1.25 bits per heavy atom. The highest BCUT2D eigenvalue weighted by atomic mass is 32.2. The Balaban J connectivity index is 3.09. The second-order valence-corrected chi connectivity index (χ2v) is 4.10. The van der Waals surface area contributed by atoms with Gasteiger partial charge in [-0.15, -0.1) is 0 Å². The van der Waals surface area contributed by atoms with E-state index in [4.69, 9.17) is 5.14 Å². The van der Waals surface area contributed by atoms with Crippen LogP contribution in [0.5, 0.6) is 0 Å². The molecular weight excluding hydrogens is 173 g/mol. The number of primary sulfonamides is 1. The Morgan fingerprint density at radius 3 is 2.08 bits per heavy atom. The molecule has 64 valence electrons. The SMILES string of the molecule is BCc1ccc(S(N)(=O)=O)cc1. The maximum Gasteiger partial charge on any atom is 0.238 e. The molecule has 1 aromatic rings. The van der Waals surface area contributed by atoms with E-state index in [2.05, 4.69) is 0 Å². The highest BCUT2D eigenvalue weighted by Gasteiger charge is 2.05. The molecule has 1 aromatic carbocycles. The topological polar surface area (TPSA) is 60.2 Å². The second kappa shape index (κ2) is 3.29. The Bertz CT molecular complexity index is 357. The molecule has 0 spiro atoms. The number of nitrogens with two attached hydrogens (primary N) is 1. The van der Waals surface area contributed by atoms with Crippen molar-refractivity contribution in [3.8, 4) is 0 Å². The van der Waals surface area contributed by atoms with Crippen molar-refractivity contribution in [3.05, 3.63) is 29.8 Å². The number of hydrogen-bond acceptors (Lipinski definition) is 2. The van der Waals surface area contributed by atoms with Gasteiger partial charge >= 0.3 is 0 Å². The first-order chi connectivity index (χ1) is 5.54. The van der Waals surface area contributed by atoms with Crippen LogP contribution in [0.2, 0.25) is 0 Å². The first-order valence-corrected chi connectivity index (χ1v) is 5.20. The average Bonchev–Trinajstić information content (AvgIpc) is 2.03. The van der Waals surface area contributed by atoms with Crippen LogP contribution >= 0.6 is 0 Å². The summed E-state index contributed by atoms with van der Waals surface area (Å²) in [5.74, 6) is 0. The van der Waals surface area contributed by atoms with Crippen molar-refractivity contribution in [1.82, 2.24) is 0 Å². The van der Waals surface area contributed by atoms with E-state index in [9.17, 15) is 8.42 Å². The Labute approximate surface area is 73.0 Å². The molecule has 0 aliphatic rings. The lowest BCUT2D eigenvalue weighted by atomic mass is 9.97. The third-order valence-electron chi connectivity index (χ3n) is 1.66. The van der Waals surface area contributed by atoms with Crippen molar-refractivity contribution >= 4 is 17.9 Å². The van der Waals surface area contributed by atoms with Crippen LogP contribution < -0.4 is 5.14 Å². The van der Waals surface area contributed by atoms with Gasteiger partial charge in [-0.3, -0.25) is 0 Å². The Morgan fingerprint density at radius 2 is 1.75 bits per heavy atom. The summed E-state index contributed by atoms with van der Waals surface area (Å²) < 4.78 is 21.6. The normalized spacial score (nSPS) is 11.4. The Hall–Kier alpha value is -0.805. The molecule has 0 amide bonds. The highest BCUT2D eigenvalue weighted by Crippen LogP contribution is 2.07. The monoisotopic (exact) mass is 183 g/mol. The van der Waals surface area contributed by atoms with Gasteiger partial charge in [0.25, 0.3) is 0 Å². The third-order valence-corrected chi connectivity index (χ3v) is 2.59. The predicted octanol–water partition coefficient (Wildman–Crippen LogP) is -0.533. The molecule has 0 aliphatic carbocycles. The van der Waals surface area contributed by atoms with Crippen LogP contribution in [0.3, 0.4) is 0 Å². The maximum absolute atomic E-state index is 10.8. The van der Waals surface area contributed by atoms with E-state index in [0.29, 0.717) is 0 Å². The number of rotatable bonds is 2. The third kappa shape index (κ3) is 2.09. The predicted molar refractivity (Wildman–Crippen MR) is 50.1 cm³/mol. The molecule has 1 rings (SSSR count). The molecule has 0 saturated carbocycles. The van der Waals surface area contributed by atoms with Gasteiger partial charge in [0.2, 0.25) is 10.0 Å². The van der Waals surface area contributed by atoms with Gasteiger partial charge in [0.1, 0.15) is 7.85 Å². The molecule has 0 atom stereocenters. The number of hydrogen-bond donors (Lipinski definition) is 1. The van der Waals surface area contributed by atoms with Crippen LogP contribution in [-0.2, 0) is 16.3 Å². The quantitative estimate of drug-likeness (QED) is 0.626. The summed E-state index contributed by atoms with van der Waals surface area (Å²) in [4.78, 5) is 0.166. The van der Waals surface area contributed by atoms with Gasteiger partial charge in [-0.05, 0) is 12.1 Å². The van der Waals surface area contributed by atoms with E-state index in [-0.39, 0.29) is 4.90 Å². The minimum Gasteiger partial charge on any atom is -0.225 e. The van der Waals surface area contributed by atoms with Crippen LogP contribution in [0.1, 0.15) is 5.56 Å². The van der Waals surface area contributed by atoms with Gasteiger partial charge in [-0.1, -0.05) is 24.0 Å². The zero-order valence-corrected chi connectivity index (χ0v) is 7.64. The van der Waals surface area contributed by atoms with Gasteiger partial charge in [0, 0.05) is 0 Å². The molecule has 0 fully saturated rings. The summed E-state index contributed by atoms with van der Waals surface area (Å²) in [6.07, 6.45) is 0.894. The smallest absolute Gasteiger partial charge is 0.225 e. The summed E-state index contributed by atoms with van der Waals surface area (Å²) in [6.45, 7) is 0. The first kappa shape index (κ1) is 9.28. The van der Waals surface area contributed by atoms with E-state index in [1.54, 1.807) is 12.1 Å². The minimum absolute atomic E-state index is 0.166. The van der Waals surface area contributed by atoms with Crippen molar-refractivity contribution in [2.75, 3.05) is 0 Å². The van der Waals surface area contributed by atoms with Crippen LogP contribution in [-0.4, -0.2) is 16.3 Å². The lowest BCUT2D eigenvalue weighted by Gasteiger charge is -1.98. The van der Waals surface area contributed by atoms with Crippen molar-refractivity contribution in [1.29, 1.82) is 0 Å². The van der Waals surface area contributed by atoms with Gasteiger partial charge in [-0.2, -0.15) is 0 Å². The van der Waals surface area contributed by atoms with Gasteiger partial charge in [-0.25, -0.2) is 13.6 Å². The zero-order valence-electron chi connectivity index (χ0n) is 6.82. The van der Waals surface area contributed by atoms with E-state index >= 15 is 0 Å².